The molecule has 1 amide bonds. The van der Waals surface area contributed by atoms with E-state index in [1.165, 1.54) is 11.1 Å². The summed E-state index contributed by atoms with van der Waals surface area (Å²) in [4.78, 5) is 18.4. The van der Waals surface area contributed by atoms with Gasteiger partial charge in [-0.25, -0.2) is 0 Å². The molecule has 6 nitrogen and oxygen atoms in total. The second-order valence-electron chi connectivity index (χ2n) is 5.85. The number of hydrogen-bond acceptors (Lipinski definition) is 6. The molecule has 2 aromatic rings. The van der Waals surface area contributed by atoms with Gasteiger partial charge in [0.25, 0.3) is 0 Å². The fourth-order valence-corrected chi connectivity index (χ4v) is 3.40. The lowest BCUT2D eigenvalue weighted by atomic mass is 10.2. The molecule has 1 aliphatic heterocycles. The van der Waals surface area contributed by atoms with Crippen molar-refractivity contribution in [3.05, 3.63) is 47.1 Å². The molecule has 0 spiro atoms. The van der Waals surface area contributed by atoms with Gasteiger partial charge in [0.1, 0.15) is 6.10 Å². The molecule has 0 unspecified atom stereocenters. The third-order valence-electron chi connectivity index (χ3n) is 3.87. The van der Waals surface area contributed by atoms with Crippen LogP contribution < -0.4 is 0 Å². The van der Waals surface area contributed by atoms with Crippen molar-refractivity contribution in [1.82, 2.24) is 15.0 Å². The van der Waals surface area contributed by atoms with E-state index in [2.05, 4.69) is 41.3 Å². The number of ether oxygens (including phenoxy) is 1. The Morgan fingerprint density at radius 2 is 2.12 bits per heavy atom. The lowest BCUT2D eigenvalue weighted by Crippen LogP contribution is -2.43. The van der Waals surface area contributed by atoms with Crippen molar-refractivity contribution < 1.29 is 14.1 Å². The van der Waals surface area contributed by atoms with Gasteiger partial charge in [-0.05, 0) is 12.5 Å². The van der Waals surface area contributed by atoms with E-state index in [9.17, 15) is 4.79 Å². The average Bonchev–Trinajstić information content (AvgIpc) is 3.03. The number of hydrogen-bond donors (Lipinski definition) is 0. The van der Waals surface area contributed by atoms with Crippen LogP contribution >= 0.6 is 11.8 Å². The summed E-state index contributed by atoms with van der Waals surface area (Å²) in [6.45, 7) is 5.39. The summed E-state index contributed by atoms with van der Waals surface area (Å²) in [5.74, 6) is 2.44. The van der Waals surface area contributed by atoms with Crippen molar-refractivity contribution >= 4 is 17.7 Å². The van der Waals surface area contributed by atoms with E-state index in [-0.39, 0.29) is 12.0 Å². The van der Waals surface area contributed by atoms with Gasteiger partial charge >= 0.3 is 0 Å². The summed E-state index contributed by atoms with van der Waals surface area (Å²) >= 11 is 1.63. The Bertz CT molecular complexity index is 687. The molecule has 0 radical (unpaired) electrons. The number of carbonyl (C=O) groups is 1. The number of carbonyl (C=O) groups excluding carboxylic acids is 1. The monoisotopic (exact) mass is 347 g/mol. The maximum atomic E-state index is 12.4. The molecular weight excluding hydrogens is 326 g/mol. The summed E-state index contributed by atoms with van der Waals surface area (Å²) in [5.41, 5.74) is 2.48. The first-order valence-electron chi connectivity index (χ1n) is 7.94. The van der Waals surface area contributed by atoms with E-state index in [1.807, 2.05) is 4.90 Å². The maximum Gasteiger partial charge on any atom is 0.232 e. The SMILES string of the molecule is Cc1ccc(CSCC(=O)N2CCO[C@@H](c3noc(C)n3)C2)cc1. The zero-order valence-electron chi connectivity index (χ0n) is 13.9. The summed E-state index contributed by atoms with van der Waals surface area (Å²) in [6, 6.07) is 8.40. The van der Waals surface area contributed by atoms with Crippen molar-refractivity contribution in [3.63, 3.8) is 0 Å². The molecule has 0 N–H and O–H groups in total. The normalized spacial score (nSPS) is 17.9. The van der Waals surface area contributed by atoms with Gasteiger partial charge in [0.2, 0.25) is 17.6 Å². The predicted octanol–water partition coefficient (Wildman–Crippen LogP) is 2.52. The number of nitrogens with zero attached hydrogens (tertiary/aromatic N) is 3. The van der Waals surface area contributed by atoms with Gasteiger partial charge in [0.15, 0.2) is 0 Å². The highest BCUT2D eigenvalue weighted by atomic mass is 32.2. The second kappa shape index (κ2) is 7.81. The van der Waals surface area contributed by atoms with Crippen LogP contribution in [-0.2, 0) is 15.3 Å². The Morgan fingerprint density at radius 3 is 2.83 bits per heavy atom. The Balaban J connectivity index is 1.48. The number of benzene rings is 1. The molecule has 1 aromatic carbocycles. The van der Waals surface area contributed by atoms with Crippen molar-refractivity contribution in [1.29, 1.82) is 0 Å². The molecule has 3 rings (SSSR count). The van der Waals surface area contributed by atoms with Crippen LogP contribution in [0.4, 0.5) is 0 Å². The summed E-state index contributed by atoms with van der Waals surface area (Å²) in [7, 11) is 0. The Hall–Kier alpha value is -1.86. The third kappa shape index (κ3) is 4.36. The van der Waals surface area contributed by atoms with Gasteiger partial charge in [-0.2, -0.15) is 4.98 Å². The summed E-state index contributed by atoms with van der Waals surface area (Å²) < 4.78 is 10.6. The van der Waals surface area contributed by atoms with Crippen LogP contribution in [-0.4, -0.2) is 46.4 Å². The quantitative estimate of drug-likeness (QED) is 0.828. The molecule has 0 saturated carbocycles. The predicted molar refractivity (Wildman–Crippen MR) is 91.6 cm³/mol. The van der Waals surface area contributed by atoms with Gasteiger partial charge in [-0.1, -0.05) is 35.0 Å². The highest BCUT2D eigenvalue weighted by Gasteiger charge is 2.28. The van der Waals surface area contributed by atoms with E-state index in [0.29, 0.717) is 37.2 Å². The lowest BCUT2D eigenvalue weighted by Gasteiger charge is -2.31. The molecule has 1 aromatic heterocycles. The standard InChI is InChI=1S/C17H21N3O3S/c1-12-3-5-14(6-4-12)10-24-11-16(21)20-7-8-22-15(9-20)17-18-13(2)23-19-17/h3-6,15H,7-11H2,1-2H3/t15-/m1/s1. The van der Waals surface area contributed by atoms with E-state index >= 15 is 0 Å². The smallest absolute Gasteiger partial charge is 0.232 e. The van der Waals surface area contributed by atoms with Crippen LogP contribution in [0.5, 0.6) is 0 Å². The van der Waals surface area contributed by atoms with Crippen LogP contribution in [0.15, 0.2) is 28.8 Å². The van der Waals surface area contributed by atoms with Crippen molar-refractivity contribution in [2.45, 2.75) is 25.7 Å². The van der Waals surface area contributed by atoms with Gasteiger partial charge in [0, 0.05) is 19.2 Å². The van der Waals surface area contributed by atoms with Crippen molar-refractivity contribution in [2.24, 2.45) is 0 Å². The zero-order valence-corrected chi connectivity index (χ0v) is 14.7. The molecule has 7 heteroatoms. The highest BCUT2D eigenvalue weighted by Crippen LogP contribution is 2.21. The number of aryl methyl sites for hydroxylation is 2. The fourth-order valence-electron chi connectivity index (χ4n) is 2.51. The van der Waals surface area contributed by atoms with Crippen LogP contribution in [0.25, 0.3) is 0 Å². The van der Waals surface area contributed by atoms with Crippen LogP contribution in [0.3, 0.4) is 0 Å². The largest absolute Gasteiger partial charge is 0.366 e. The van der Waals surface area contributed by atoms with Crippen LogP contribution in [0.1, 0.15) is 28.9 Å². The molecule has 128 valence electrons. The maximum absolute atomic E-state index is 12.4. The first-order chi connectivity index (χ1) is 11.6. The number of morpholine rings is 1. The Labute approximate surface area is 145 Å². The molecule has 0 bridgehead atoms. The molecule has 24 heavy (non-hydrogen) atoms. The molecule has 1 aliphatic rings. The average molecular weight is 347 g/mol. The van der Waals surface area contributed by atoms with Crippen LogP contribution in [0, 0.1) is 13.8 Å². The van der Waals surface area contributed by atoms with Gasteiger partial charge in [-0.3, -0.25) is 4.79 Å². The van der Waals surface area contributed by atoms with E-state index in [0.717, 1.165) is 5.75 Å². The minimum atomic E-state index is -0.303. The second-order valence-corrected chi connectivity index (χ2v) is 6.83. The minimum Gasteiger partial charge on any atom is -0.366 e. The van der Waals surface area contributed by atoms with Gasteiger partial charge < -0.3 is 14.2 Å². The lowest BCUT2D eigenvalue weighted by molar-refractivity contribution is -0.136. The molecule has 1 atom stereocenters. The number of thioether (sulfide) groups is 1. The number of amides is 1. The topological polar surface area (TPSA) is 68.5 Å². The third-order valence-corrected chi connectivity index (χ3v) is 4.85. The first-order valence-corrected chi connectivity index (χ1v) is 9.10. The van der Waals surface area contributed by atoms with Crippen molar-refractivity contribution in [3.8, 4) is 0 Å². The van der Waals surface area contributed by atoms with Crippen LogP contribution in [0.2, 0.25) is 0 Å². The zero-order chi connectivity index (χ0) is 16.9. The molecule has 1 saturated heterocycles. The summed E-state index contributed by atoms with van der Waals surface area (Å²) in [6.07, 6.45) is -0.303. The van der Waals surface area contributed by atoms with Crippen molar-refractivity contribution in [2.75, 3.05) is 25.4 Å². The van der Waals surface area contributed by atoms with E-state index in [1.54, 1.807) is 18.7 Å². The molecule has 0 aliphatic carbocycles. The highest BCUT2D eigenvalue weighted by molar-refractivity contribution is 7.99. The van der Waals surface area contributed by atoms with Gasteiger partial charge in [-0.15, -0.1) is 11.8 Å². The fraction of sp³-hybridized carbons (Fsp3) is 0.471. The Morgan fingerprint density at radius 1 is 1.33 bits per heavy atom. The van der Waals surface area contributed by atoms with Gasteiger partial charge in [0.05, 0.1) is 18.9 Å². The Kier molecular flexibility index (Phi) is 5.52. The molecular formula is C17H21N3O3S. The summed E-state index contributed by atoms with van der Waals surface area (Å²) in [5, 5.41) is 3.89. The molecule has 2 heterocycles. The molecule has 1 fully saturated rings. The van der Waals surface area contributed by atoms with E-state index in [4.69, 9.17) is 9.26 Å². The first kappa shape index (κ1) is 17.0. The number of rotatable bonds is 5. The van der Waals surface area contributed by atoms with E-state index < -0.39 is 0 Å². The number of aromatic nitrogens is 2. The minimum absolute atomic E-state index is 0.126.